The second kappa shape index (κ2) is 8.91. The zero-order valence-corrected chi connectivity index (χ0v) is 17.1. The first-order valence-electron chi connectivity index (χ1n) is 9.96. The lowest BCUT2D eigenvalue weighted by atomic mass is 10.0. The highest BCUT2D eigenvalue weighted by Gasteiger charge is 2.22. The van der Waals surface area contributed by atoms with Crippen molar-refractivity contribution in [1.29, 1.82) is 0 Å². The zero-order valence-electron chi connectivity index (χ0n) is 17.1. The Kier molecular flexibility index (Phi) is 6.34. The molecule has 1 N–H and O–H groups in total. The van der Waals surface area contributed by atoms with E-state index in [1.54, 1.807) is 7.11 Å². The normalized spacial score (nSPS) is 12.3. The van der Waals surface area contributed by atoms with Crippen molar-refractivity contribution in [2.45, 2.75) is 46.2 Å². The van der Waals surface area contributed by atoms with E-state index in [4.69, 9.17) is 9.72 Å². The molecule has 0 spiro atoms. The number of rotatable bonds is 8. The highest BCUT2D eigenvalue weighted by Crippen LogP contribution is 2.26. The van der Waals surface area contributed by atoms with Crippen LogP contribution in [0.5, 0.6) is 5.75 Å². The standard InChI is InChI=1S/C23H29N3O2/c1-5-17(6-2)23(27)24-16(3)22-25-19-12-8-9-13-20(19)26(22)15-18-11-7-10-14-21(18)28-4/h7-14,16-17H,5-6,15H2,1-4H3,(H,24,27). The van der Waals surface area contributed by atoms with Gasteiger partial charge in [-0.15, -0.1) is 0 Å². The van der Waals surface area contributed by atoms with Crippen LogP contribution in [-0.2, 0) is 11.3 Å². The van der Waals surface area contributed by atoms with Crippen molar-refractivity contribution in [3.8, 4) is 5.75 Å². The number of imidazole rings is 1. The monoisotopic (exact) mass is 379 g/mol. The molecule has 1 unspecified atom stereocenters. The predicted molar refractivity (Wildman–Crippen MR) is 112 cm³/mol. The molecule has 0 fully saturated rings. The van der Waals surface area contributed by atoms with Gasteiger partial charge in [-0.05, 0) is 38.0 Å². The molecule has 0 aliphatic carbocycles. The Morgan fingerprint density at radius 1 is 1.11 bits per heavy atom. The fourth-order valence-corrected chi connectivity index (χ4v) is 3.65. The molecule has 5 nitrogen and oxygen atoms in total. The Hall–Kier alpha value is -2.82. The van der Waals surface area contributed by atoms with Gasteiger partial charge in [-0.25, -0.2) is 4.98 Å². The van der Waals surface area contributed by atoms with E-state index in [-0.39, 0.29) is 17.9 Å². The van der Waals surface area contributed by atoms with Crippen LogP contribution in [0.4, 0.5) is 0 Å². The lowest BCUT2D eigenvalue weighted by Crippen LogP contribution is -2.33. The molecular formula is C23H29N3O2. The molecule has 3 aromatic rings. The van der Waals surface area contributed by atoms with Gasteiger partial charge in [0.1, 0.15) is 11.6 Å². The summed E-state index contributed by atoms with van der Waals surface area (Å²) >= 11 is 0. The maximum Gasteiger partial charge on any atom is 0.223 e. The summed E-state index contributed by atoms with van der Waals surface area (Å²) in [4.78, 5) is 17.4. The van der Waals surface area contributed by atoms with Crippen LogP contribution < -0.4 is 10.1 Å². The molecular weight excluding hydrogens is 350 g/mol. The van der Waals surface area contributed by atoms with Gasteiger partial charge in [0.15, 0.2) is 0 Å². The van der Waals surface area contributed by atoms with Crippen molar-refractivity contribution in [2.75, 3.05) is 7.11 Å². The van der Waals surface area contributed by atoms with Crippen LogP contribution in [0.15, 0.2) is 48.5 Å². The summed E-state index contributed by atoms with van der Waals surface area (Å²) in [6, 6.07) is 15.9. The fraction of sp³-hybridized carbons (Fsp3) is 0.391. The maximum atomic E-state index is 12.6. The number of amides is 1. The van der Waals surface area contributed by atoms with Crippen molar-refractivity contribution >= 4 is 16.9 Å². The van der Waals surface area contributed by atoms with Gasteiger partial charge in [0.25, 0.3) is 0 Å². The third kappa shape index (κ3) is 4.03. The molecule has 0 radical (unpaired) electrons. The smallest absolute Gasteiger partial charge is 0.223 e. The second-order valence-electron chi connectivity index (χ2n) is 7.10. The first-order chi connectivity index (χ1) is 13.6. The Labute approximate surface area is 166 Å². The largest absolute Gasteiger partial charge is 0.496 e. The summed E-state index contributed by atoms with van der Waals surface area (Å²) in [5.74, 6) is 1.83. The van der Waals surface area contributed by atoms with Gasteiger partial charge in [0.05, 0.1) is 30.7 Å². The first kappa shape index (κ1) is 19.9. The second-order valence-corrected chi connectivity index (χ2v) is 7.10. The van der Waals surface area contributed by atoms with Crippen LogP contribution in [0, 0.1) is 5.92 Å². The van der Waals surface area contributed by atoms with Gasteiger partial charge in [-0.3, -0.25) is 4.79 Å². The summed E-state index contributed by atoms with van der Waals surface area (Å²) in [7, 11) is 1.68. The number of para-hydroxylation sites is 3. The number of aromatic nitrogens is 2. The van der Waals surface area contributed by atoms with E-state index in [9.17, 15) is 4.79 Å². The third-order valence-corrected chi connectivity index (χ3v) is 5.31. The van der Waals surface area contributed by atoms with Crippen molar-refractivity contribution in [3.05, 3.63) is 59.9 Å². The van der Waals surface area contributed by atoms with Crippen molar-refractivity contribution in [2.24, 2.45) is 5.92 Å². The molecule has 1 amide bonds. The fourth-order valence-electron chi connectivity index (χ4n) is 3.65. The Bertz CT molecular complexity index is 944. The topological polar surface area (TPSA) is 56.2 Å². The summed E-state index contributed by atoms with van der Waals surface area (Å²) in [5.41, 5.74) is 3.05. The molecule has 5 heteroatoms. The highest BCUT2D eigenvalue weighted by atomic mass is 16.5. The number of methoxy groups -OCH3 is 1. The van der Waals surface area contributed by atoms with E-state index < -0.39 is 0 Å². The average molecular weight is 380 g/mol. The molecule has 3 rings (SSSR count). The van der Waals surface area contributed by atoms with E-state index in [0.29, 0.717) is 6.54 Å². The number of nitrogens with one attached hydrogen (secondary N) is 1. The summed E-state index contributed by atoms with van der Waals surface area (Å²) in [5, 5.41) is 3.16. The predicted octanol–water partition coefficient (Wildman–Crippen LogP) is 4.71. The van der Waals surface area contributed by atoms with E-state index in [0.717, 1.165) is 41.0 Å². The number of carbonyl (C=O) groups excluding carboxylic acids is 1. The number of hydrogen-bond acceptors (Lipinski definition) is 3. The van der Waals surface area contributed by atoms with Crippen LogP contribution in [-0.4, -0.2) is 22.6 Å². The number of nitrogens with zero attached hydrogens (tertiary/aromatic N) is 2. The van der Waals surface area contributed by atoms with Gasteiger partial charge in [-0.1, -0.05) is 44.2 Å². The number of ether oxygens (including phenoxy) is 1. The van der Waals surface area contributed by atoms with Crippen LogP contribution in [0.3, 0.4) is 0 Å². The van der Waals surface area contributed by atoms with E-state index in [2.05, 4.69) is 35.9 Å². The molecule has 1 atom stereocenters. The number of fused-ring (bicyclic) bond motifs is 1. The van der Waals surface area contributed by atoms with Crippen molar-refractivity contribution in [1.82, 2.24) is 14.9 Å². The first-order valence-corrected chi connectivity index (χ1v) is 9.96. The van der Waals surface area contributed by atoms with Crippen molar-refractivity contribution in [3.63, 3.8) is 0 Å². The maximum absolute atomic E-state index is 12.6. The van der Waals surface area contributed by atoms with Gasteiger partial charge >= 0.3 is 0 Å². The number of carbonyl (C=O) groups is 1. The Morgan fingerprint density at radius 2 is 1.79 bits per heavy atom. The van der Waals surface area contributed by atoms with E-state index in [1.807, 2.05) is 43.3 Å². The molecule has 1 heterocycles. The molecule has 148 valence electrons. The summed E-state index contributed by atoms with van der Waals surface area (Å²) < 4.78 is 7.70. The zero-order chi connectivity index (χ0) is 20.1. The lowest BCUT2D eigenvalue weighted by Gasteiger charge is -2.20. The third-order valence-electron chi connectivity index (χ3n) is 5.31. The molecule has 1 aromatic heterocycles. The quantitative estimate of drug-likeness (QED) is 0.617. The summed E-state index contributed by atoms with van der Waals surface area (Å²) in [6.07, 6.45) is 1.68. The van der Waals surface area contributed by atoms with Crippen LogP contribution in [0.1, 0.15) is 51.0 Å². The summed E-state index contributed by atoms with van der Waals surface area (Å²) in [6.45, 7) is 6.73. The average Bonchev–Trinajstić information content (AvgIpc) is 3.08. The number of hydrogen-bond donors (Lipinski definition) is 1. The van der Waals surface area contributed by atoms with Crippen LogP contribution >= 0.6 is 0 Å². The SMILES string of the molecule is CCC(CC)C(=O)NC(C)c1nc2ccccc2n1Cc1ccccc1OC. The number of benzene rings is 2. The van der Waals surface area contributed by atoms with Gasteiger partial charge in [-0.2, -0.15) is 0 Å². The van der Waals surface area contributed by atoms with Crippen LogP contribution in [0.25, 0.3) is 11.0 Å². The Morgan fingerprint density at radius 3 is 2.50 bits per heavy atom. The van der Waals surface area contributed by atoms with Gasteiger partial charge in [0, 0.05) is 11.5 Å². The van der Waals surface area contributed by atoms with E-state index in [1.165, 1.54) is 0 Å². The molecule has 0 bridgehead atoms. The van der Waals surface area contributed by atoms with Crippen molar-refractivity contribution < 1.29 is 9.53 Å². The van der Waals surface area contributed by atoms with Gasteiger partial charge in [0.2, 0.25) is 5.91 Å². The minimum atomic E-state index is -0.185. The van der Waals surface area contributed by atoms with E-state index >= 15 is 0 Å². The molecule has 0 saturated carbocycles. The molecule has 28 heavy (non-hydrogen) atoms. The highest BCUT2D eigenvalue weighted by molar-refractivity contribution is 5.79. The minimum absolute atomic E-state index is 0.0366. The van der Waals surface area contributed by atoms with Gasteiger partial charge < -0.3 is 14.6 Å². The lowest BCUT2D eigenvalue weighted by molar-refractivity contribution is -0.125. The molecule has 0 aliphatic heterocycles. The molecule has 0 aliphatic rings. The molecule has 0 saturated heterocycles. The Balaban J connectivity index is 1.98. The molecule has 2 aromatic carbocycles. The minimum Gasteiger partial charge on any atom is -0.496 e. The van der Waals surface area contributed by atoms with Crippen LogP contribution in [0.2, 0.25) is 0 Å².